The summed E-state index contributed by atoms with van der Waals surface area (Å²) in [7, 11) is -9.93. The lowest BCUT2D eigenvalue weighted by Crippen LogP contribution is -2.30. The molecule has 0 radical (unpaired) electrons. The van der Waals surface area contributed by atoms with Crippen molar-refractivity contribution in [2.45, 2.75) is 496 Å². The molecule has 0 aliphatic heterocycles. The topological polar surface area (TPSA) is 237 Å². The van der Waals surface area contributed by atoms with Gasteiger partial charge in [0.05, 0.1) is 26.4 Å². The summed E-state index contributed by atoms with van der Waals surface area (Å²) in [6.07, 6.45) is 75.3. The Balaban J connectivity index is 5.18. The Labute approximate surface area is 658 Å². The van der Waals surface area contributed by atoms with Gasteiger partial charge in [0.1, 0.15) is 19.3 Å². The molecule has 0 aromatic heterocycles. The number of phosphoric acid groups is 2. The molecule has 17 nitrogen and oxygen atoms in total. The number of hydrogen-bond donors (Lipinski definition) is 3. The van der Waals surface area contributed by atoms with Gasteiger partial charge in [-0.25, -0.2) is 9.13 Å². The number of carbonyl (C=O) groups excluding carboxylic acids is 4. The minimum Gasteiger partial charge on any atom is -0.462 e. The summed E-state index contributed by atoms with van der Waals surface area (Å²) in [5.41, 5.74) is 0. The molecule has 5 atom stereocenters. The van der Waals surface area contributed by atoms with Crippen molar-refractivity contribution in [3.63, 3.8) is 0 Å². The lowest BCUT2D eigenvalue weighted by Gasteiger charge is -2.21. The monoisotopic (exact) mass is 1560 g/mol. The highest BCUT2D eigenvalue weighted by Crippen LogP contribution is 2.45. The maximum Gasteiger partial charge on any atom is 0.472 e. The number of unbranched alkanes of at least 4 members (excludes halogenated alkanes) is 60. The number of phosphoric ester groups is 2. The average Bonchev–Trinajstić information content (AvgIpc) is 0.901. The second-order valence-electron chi connectivity index (χ2n) is 32.1. The molecule has 0 aromatic carbocycles. The van der Waals surface area contributed by atoms with Crippen LogP contribution in [0.2, 0.25) is 0 Å². The molecule has 0 fully saturated rings. The maximum atomic E-state index is 13.2. The SMILES string of the molecule is CCCCCCCCCCCCCCCCCCCCCCCCC(=O)OC[C@H](COP(=O)(O)OC[C@@H](O)COP(=O)(O)OC[C@@H](COC(=O)CCCCCCCCCCC)OC(=O)CCCCCCCCCCCCCC(C)C)OC(=O)CCCCCCCCCCCCCCCCCCCCCCCC. The molecule has 0 saturated heterocycles. The number of aliphatic hydroxyl groups excluding tert-OH is 1. The van der Waals surface area contributed by atoms with Gasteiger partial charge in [-0.1, -0.05) is 426 Å². The summed E-state index contributed by atoms with van der Waals surface area (Å²) < 4.78 is 68.9. The second kappa shape index (κ2) is 80.7. The Morgan fingerprint density at radius 1 is 0.252 bits per heavy atom. The van der Waals surface area contributed by atoms with Crippen molar-refractivity contribution in [3.05, 3.63) is 0 Å². The van der Waals surface area contributed by atoms with Gasteiger partial charge in [-0.2, -0.15) is 0 Å². The first kappa shape index (κ1) is 105. The van der Waals surface area contributed by atoms with Gasteiger partial charge in [0, 0.05) is 25.7 Å². The average molecular weight is 1560 g/mol. The van der Waals surface area contributed by atoms with Crippen LogP contribution in [0.4, 0.5) is 0 Å². The lowest BCUT2D eigenvalue weighted by atomic mass is 10.0. The van der Waals surface area contributed by atoms with Crippen LogP contribution in [-0.4, -0.2) is 96.7 Å². The number of aliphatic hydroxyl groups is 1. The summed E-state index contributed by atoms with van der Waals surface area (Å²) in [5.74, 6) is -1.34. The van der Waals surface area contributed by atoms with E-state index in [1.165, 1.54) is 302 Å². The van der Waals surface area contributed by atoms with E-state index in [1.807, 2.05) is 0 Å². The predicted octanol–water partition coefficient (Wildman–Crippen LogP) is 27.2. The first-order valence-corrected chi connectivity index (χ1v) is 48.6. The van der Waals surface area contributed by atoms with Crippen LogP contribution in [0.3, 0.4) is 0 Å². The number of ether oxygens (including phenoxy) is 4. The van der Waals surface area contributed by atoms with E-state index in [0.717, 1.165) is 95.8 Å². The summed E-state index contributed by atoms with van der Waals surface area (Å²) in [5, 5.41) is 10.7. The van der Waals surface area contributed by atoms with Crippen LogP contribution in [0, 0.1) is 5.92 Å². The number of carbonyl (C=O) groups is 4. The normalized spacial score (nSPS) is 13.7. The minimum atomic E-state index is -4.97. The molecule has 0 spiro atoms. The summed E-state index contributed by atoms with van der Waals surface area (Å²) in [6.45, 7) is 7.35. The molecule has 2 unspecified atom stereocenters. The number of rotatable bonds is 88. The highest BCUT2D eigenvalue weighted by molar-refractivity contribution is 7.47. The standard InChI is InChI=1S/C88H172O17P2/c1-6-9-12-15-18-21-23-25-27-29-31-33-35-37-39-41-43-47-52-57-62-67-72-86(91)99-78-84(105-87(92)73-68-63-58-53-48-44-42-40-38-36-34-32-30-28-26-24-22-19-16-13-10-7-2)80-103-107(96,97)101-76-82(89)75-100-106(94,95)102-79-83(77-98-85(90)71-66-61-56-50-20-17-14-11-8-3)104-88(93)74-69-64-59-54-49-45-46-51-55-60-65-70-81(4)5/h81-84,89H,6-80H2,1-5H3,(H,94,95)(H,96,97)/t82-,83+,84+/m0/s1. The third-order valence-electron chi connectivity index (χ3n) is 20.8. The van der Waals surface area contributed by atoms with Gasteiger partial charge < -0.3 is 33.8 Å². The van der Waals surface area contributed by atoms with E-state index in [2.05, 4.69) is 34.6 Å². The predicted molar refractivity (Wildman–Crippen MR) is 442 cm³/mol. The molecule has 0 aliphatic carbocycles. The quantitative estimate of drug-likeness (QED) is 0.0222. The van der Waals surface area contributed by atoms with Crippen molar-refractivity contribution in [2.75, 3.05) is 39.6 Å². The van der Waals surface area contributed by atoms with E-state index in [4.69, 9.17) is 37.0 Å². The summed E-state index contributed by atoms with van der Waals surface area (Å²) >= 11 is 0. The van der Waals surface area contributed by atoms with Crippen LogP contribution in [0.5, 0.6) is 0 Å². The molecular weight excluding hydrogens is 1390 g/mol. The maximum absolute atomic E-state index is 13.2. The van der Waals surface area contributed by atoms with Crippen LogP contribution in [-0.2, 0) is 65.4 Å². The fraction of sp³-hybridized carbons (Fsp3) is 0.955. The van der Waals surface area contributed by atoms with Crippen molar-refractivity contribution >= 4 is 39.5 Å². The molecule has 0 aliphatic rings. The van der Waals surface area contributed by atoms with Crippen LogP contribution >= 0.6 is 15.6 Å². The molecule has 107 heavy (non-hydrogen) atoms. The van der Waals surface area contributed by atoms with Gasteiger partial charge in [-0.15, -0.1) is 0 Å². The zero-order valence-electron chi connectivity index (χ0n) is 70.3. The van der Waals surface area contributed by atoms with Crippen LogP contribution in [0.1, 0.15) is 478 Å². The van der Waals surface area contributed by atoms with Gasteiger partial charge in [0.25, 0.3) is 0 Å². The van der Waals surface area contributed by atoms with E-state index in [1.54, 1.807) is 0 Å². The lowest BCUT2D eigenvalue weighted by molar-refractivity contribution is -0.161. The largest absolute Gasteiger partial charge is 0.472 e. The van der Waals surface area contributed by atoms with Gasteiger partial charge in [0.2, 0.25) is 0 Å². The molecule has 19 heteroatoms. The fourth-order valence-corrected chi connectivity index (χ4v) is 15.4. The molecular formula is C88H172O17P2. The van der Waals surface area contributed by atoms with Crippen LogP contribution < -0.4 is 0 Å². The molecule has 0 amide bonds. The highest BCUT2D eigenvalue weighted by atomic mass is 31.2. The van der Waals surface area contributed by atoms with Crippen molar-refractivity contribution < 1.29 is 80.2 Å². The van der Waals surface area contributed by atoms with E-state index in [9.17, 15) is 43.2 Å². The van der Waals surface area contributed by atoms with E-state index >= 15 is 0 Å². The van der Waals surface area contributed by atoms with Crippen molar-refractivity contribution in [3.8, 4) is 0 Å². The van der Waals surface area contributed by atoms with Crippen molar-refractivity contribution in [1.29, 1.82) is 0 Å². The summed E-state index contributed by atoms with van der Waals surface area (Å²) in [6, 6.07) is 0. The first-order valence-electron chi connectivity index (χ1n) is 45.6. The molecule has 636 valence electrons. The van der Waals surface area contributed by atoms with Gasteiger partial charge >= 0.3 is 39.5 Å². The Hall–Kier alpha value is -1.94. The molecule has 0 saturated carbocycles. The zero-order valence-corrected chi connectivity index (χ0v) is 72.1. The fourth-order valence-electron chi connectivity index (χ4n) is 13.8. The molecule has 3 N–H and O–H groups in total. The van der Waals surface area contributed by atoms with Crippen LogP contribution in [0.25, 0.3) is 0 Å². The van der Waals surface area contributed by atoms with Gasteiger partial charge in [0.15, 0.2) is 12.2 Å². The molecule has 0 aromatic rings. The Morgan fingerprint density at radius 2 is 0.430 bits per heavy atom. The van der Waals surface area contributed by atoms with Crippen LogP contribution in [0.15, 0.2) is 0 Å². The Bertz CT molecular complexity index is 2030. The number of esters is 4. The molecule has 0 rings (SSSR count). The summed E-state index contributed by atoms with van der Waals surface area (Å²) in [4.78, 5) is 73.2. The van der Waals surface area contributed by atoms with Crippen molar-refractivity contribution in [2.24, 2.45) is 5.92 Å². The van der Waals surface area contributed by atoms with E-state index < -0.39 is 97.5 Å². The third-order valence-corrected chi connectivity index (χ3v) is 22.7. The molecule has 0 heterocycles. The molecule has 0 bridgehead atoms. The third kappa shape index (κ3) is 81.9. The Kier molecular flexibility index (Phi) is 79.2. The first-order chi connectivity index (χ1) is 52.0. The van der Waals surface area contributed by atoms with Gasteiger partial charge in [-0.05, 0) is 31.6 Å². The minimum absolute atomic E-state index is 0.107. The van der Waals surface area contributed by atoms with E-state index in [0.29, 0.717) is 25.7 Å². The Morgan fingerprint density at radius 3 is 0.636 bits per heavy atom. The van der Waals surface area contributed by atoms with E-state index in [-0.39, 0.29) is 25.7 Å². The number of hydrogen-bond acceptors (Lipinski definition) is 15. The van der Waals surface area contributed by atoms with Gasteiger partial charge in [-0.3, -0.25) is 37.3 Å². The second-order valence-corrected chi connectivity index (χ2v) is 35.0. The van der Waals surface area contributed by atoms with Crippen molar-refractivity contribution in [1.82, 2.24) is 0 Å². The smallest absolute Gasteiger partial charge is 0.462 e. The highest BCUT2D eigenvalue weighted by Gasteiger charge is 2.30. The zero-order chi connectivity index (χ0) is 78.3.